The maximum absolute atomic E-state index is 4.61. The lowest BCUT2D eigenvalue weighted by Gasteiger charge is -2.17. The Labute approximate surface area is 107 Å². The zero-order valence-corrected chi connectivity index (χ0v) is 11.2. The van der Waals surface area contributed by atoms with Gasteiger partial charge in [-0.25, -0.2) is 9.50 Å². The van der Waals surface area contributed by atoms with E-state index in [0.29, 0.717) is 5.92 Å². The normalized spacial score (nSPS) is 21.4. The highest BCUT2D eigenvalue weighted by molar-refractivity contribution is 9.10. The fourth-order valence-corrected chi connectivity index (χ4v) is 3.56. The summed E-state index contributed by atoms with van der Waals surface area (Å²) in [5.41, 5.74) is 0.931. The molecule has 0 radical (unpaired) electrons. The smallest absolute Gasteiger partial charge is 0.156 e. The van der Waals surface area contributed by atoms with E-state index in [4.69, 9.17) is 0 Å². The molecule has 84 valence electrons. The Morgan fingerprint density at radius 2 is 2.38 bits per heavy atom. The van der Waals surface area contributed by atoms with E-state index in [1.165, 1.54) is 18.6 Å². The first-order valence-corrected chi connectivity index (χ1v) is 7.38. The Morgan fingerprint density at radius 1 is 1.44 bits per heavy atom. The van der Waals surface area contributed by atoms with Crippen LogP contribution in [0.4, 0.5) is 0 Å². The molecule has 16 heavy (non-hydrogen) atoms. The molecule has 3 heterocycles. The minimum absolute atomic E-state index is 0.533. The highest BCUT2D eigenvalue weighted by Gasteiger charge is 2.20. The molecule has 1 saturated heterocycles. The lowest BCUT2D eigenvalue weighted by molar-refractivity contribution is 0.621. The van der Waals surface area contributed by atoms with E-state index in [1.54, 1.807) is 0 Å². The highest BCUT2D eigenvalue weighted by Crippen LogP contribution is 2.29. The molecule has 2 aromatic heterocycles. The van der Waals surface area contributed by atoms with Crippen molar-refractivity contribution in [2.45, 2.75) is 18.8 Å². The van der Waals surface area contributed by atoms with Crippen molar-refractivity contribution >= 4 is 33.3 Å². The van der Waals surface area contributed by atoms with Crippen LogP contribution in [0.5, 0.6) is 0 Å². The fourth-order valence-electron chi connectivity index (χ4n) is 2.01. The summed E-state index contributed by atoms with van der Waals surface area (Å²) in [5, 5.41) is 4.58. The van der Waals surface area contributed by atoms with Crippen LogP contribution in [0.1, 0.15) is 24.6 Å². The summed E-state index contributed by atoms with van der Waals surface area (Å²) in [6.07, 6.45) is 2.51. The molecular formula is C11H12BrN3S. The number of hydrogen-bond donors (Lipinski definition) is 0. The van der Waals surface area contributed by atoms with Gasteiger partial charge in [-0.2, -0.15) is 11.8 Å². The molecule has 0 saturated carbocycles. The zero-order valence-electron chi connectivity index (χ0n) is 8.77. The van der Waals surface area contributed by atoms with Crippen LogP contribution >= 0.6 is 27.7 Å². The lowest BCUT2D eigenvalue weighted by Crippen LogP contribution is -2.10. The average Bonchev–Trinajstić information content (AvgIpc) is 2.76. The third kappa shape index (κ3) is 1.86. The molecule has 0 aromatic carbocycles. The summed E-state index contributed by atoms with van der Waals surface area (Å²) >= 11 is 5.50. The molecule has 1 fully saturated rings. The molecule has 1 aliphatic rings. The first kappa shape index (κ1) is 10.6. The molecule has 3 rings (SSSR count). The third-order valence-corrected chi connectivity index (χ3v) is 4.67. The number of thioether (sulfide) groups is 1. The lowest BCUT2D eigenvalue weighted by atomic mass is 10.1. The number of rotatable bonds is 1. The molecule has 1 unspecified atom stereocenters. The molecule has 0 aliphatic carbocycles. The molecule has 0 bridgehead atoms. The summed E-state index contributed by atoms with van der Waals surface area (Å²) in [6, 6.07) is 5.98. The SMILES string of the molecule is Brc1cccc2nc(C3CCCSC3)nn12. The highest BCUT2D eigenvalue weighted by atomic mass is 79.9. The third-order valence-electron chi connectivity index (χ3n) is 2.86. The van der Waals surface area contributed by atoms with Crippen LogP contribution in [0.25, 0.3) is 5.65 Å². The Bertz CT molecular complexity index is 505. The molecule has 0 N–H and O–H groups in total. The van der Waals surface area contributed by atoms with E-state index in [9.17, 15) is 0 Å². The van der Waals surface area contributed by atoms with E-state index in [2.05, 4.69) is 26.0 Å². The van der Waals surface area contributed by atoms with Gasteiger partial charge >= 0.3 is 0 Å². The summed E-state index contributed by atoms with van der Waals surface area (Å²) in [6.45, 7) is 0. The molecule has 0 spiro atoms. The van der Waals surface area contributed by atoms with Crippen molar-refractivity contribution in [2.24, 2.45) is 0 Å². The van der Waals surface area contributed by atoms with Gasteiger partial charge in [-0.15, -0.1) is 5.10 Å². The number of fused-ring (bicyclic) bond motifs is 1. The van der Waals surface area contributed by atoms with Crippen molar-refractivity contribution in [3.05, 3.63) is 28.6 Å². The van der Waals surface area contributed by atoms with Crippen LogP contribution in [0.15, 0.2) is 22.8 Å². The first-order chi connectivity index (χ1) is 7.84. The van der Waals surface area contributed by atoms with Crippen molar-refractivity contribution in [1.82, 2.24) is 14.6 Å². The summed E-state index contributed by atoms with van der Waals surface area (Å²) in [5.74, 6) is 3.98. The van der Waals surface area contributed by atoms with Crippen LogP contribution in [0.2, 0.25) is 0 Å². The standard InChI is InChI=1S/C11H12BrN3S/c12-9-4-1-5-10-13-11(14-15(9)10)8-3-2-6-16-7-8/h1,4-5,8H,2-3,6-7H2. The Balaban J connectivity index is 2.01. The van der Waals surface area contributed by atoms with Gasteiger partial charge in [0.05, 0.1) is 0 Å². The quantitative estimate of drug-likeness (QED) is 0.758. The Hall–Kier alpha value is -0.550. The zero-order chi connectivity index (χ0) is 11.0. The summed E-state index contributed by atoms with van der Waals surface area (Å²) < 4.78 is 2.83. The fraction of sp³-hybridized carbons (Fsp3) is 0.455. The van der Waals surface area contributed by atoms with Crippen LogP contribution in [0.3, 0.4) is 0 Å². The predicted molar refractivity (Wildman–Crippen MR) is 70.0 cm³/mol. The van der Waals surface area contributed by atoms with Crippen LogP contribution in [-0.2, 0) is 0 Å². The maximum Gasteiger partial charge on any atom is 0.156 e. The number of pyridine rings is 1. The van der Waals surface area contributed by atoms with Crippen molar-refractivity contribution in [2.75, 3.05) is 11.5 Å². The van der Waals surface area contributed by atoms with Gasteiger partial charge in [0, 0.05) is 11.7 Å². The second-order valence-corrected chi connectivity index (χ2v) is 5.96. The van der Waals surface area contributed by atoms with Gasteiger partial charge in [0.15, 0.2) is 11.5 Å². The monoisotopic (exact) mass is 297 g/mol. The second-order valence-electron chi connectivity index (χ2n) is 4.00. The van der Waals surface area contributed by atoms with Gasteiger partial charge in [-0.1, -0.05) is 6.07 Å². The minimum Gasteiger partial charge on any atom is -0.212 e. The van der Waals surface area contributed by atoms with Crippen molar-refractivity contribution in [3.8, 4) is 0 Å². The van der Waals surface area contributed by atoms with E-state index < -0.39 is 0 Å². The topological polar surface area (TPSA) is 30.2 Å². The molecule has 3 nitrogen and oxygen atoms in total. The van der Waals surface area contributed by atoms with Crippen molar-refractivity contribution in [1.29, 1.82) is 0 Å². The van der Waals surface area contributed by atoms with Gasteiger partial charge in [-0.05, 0) is 46.7 Å². The van der Waals surface area contributed by atoms with E-state index in [1.807, 2.05) is 34.5 Å². The minimum atomic E-state index is 0.533. The van der Waals surface area contributed by atoms with Gasteiger partial charge in [0.25, 0.3) is 0 Å². The molecule has 0 amide bonds. The van der Waals surface area contributed by atoms with Gasteiger partial charge in [-0.3, -0.25) is 0 Å². The van der Waals surface area contributed by atoms with E-state index >= 15 is 0 Å². The van der Waals surface area contributed by atoms with Gasteiger partial charge in [0.2, 0.25) is 0 Å². The number of aromatic nitrogens is 3. The number of nitrogens with zero attached hydrogens (tertiary/aromatic N) is 3. The van der Waals surface area contributed by atoms with Gasteiger partial charge in [0.1, 0.15) is 4.60 Å². The number of halogens is 1. The van der Waals surface area contributed by atoms with Crippen LogP contribution < -0.4 is 0 Å². The Morgan fingerprint density at radius 3 is 3.12 bits per heavy atom. The van der Waals surface area contributed by atoms with Crippen LogP contribution in [0, 0.1) is 0 Å². The largest absolute Gasteiger partial charge is 0.212 e. The summed E-state index contributed by atoms with van der Waals surface area (Å²) in [7, 11) is 0. The van der Waals surface area contributed by atoms with Crippen LogP contribution in [-0.4, -0.2) is 26.1 Å². The van der Waals surface area contributed by atoms with E-state index in [0.717, 1.165) is 21.8 Å². The molecule has 1 atom stereocenters. The maximum atomic E-state index is 4.61. The predicted octanol–water partition coefficient (Wildman–Crippen LogP) is 3.10. The average molecular weight is 298 g/mol. The summed E-state index contributed by atoms with van der Waals surface area (Å²) in [4.78, 5) is 4.61. The van der Waals surface area contributed by atoms with E-state index in [-0.39, 0.29) is 0 Å². The van der Waals surface area contributed by atoms with Crippen molar-refractivity contribution < 1.29 is 0 Å². The molecular weight excluding hydrogens is 286 g/mol. The molecule has 2 aromatic rings. The van der Waals surface area contributed by atoms with Crippen molar-refractivity contribution in [3.63, 3.8) is 0 Å². The van der Waals surface area contributed by atoms with Gasteiger partial charge < -0.3 is 0 Å². The molecule has 1 aliphatic heterocycles. The first-order valence-electron chi connectivity index (χ1n) is 5.43. The second kappa shape index (κ2) is 4.37. The number of hydrogen-bond acceptors (Lipinski definition) is 3. The Kier molecular flexibility index (Phi) is 2.90. The molecule has 5 heteroatoms.